The van der Waals surface area contributed by atoms with E-state index in [0.717, 1.165) is 4.90 Å². The molecule has 0 aliphatic rings. The van der Waals surface area contributed by atoms with Gasteiger partial charge in [0.1, 0.15) is 22.4 Å². The van der Waals surface area contributed by atoms with Crippen LogP contribution in [0.1, 0.15) is 16.7 Å². The molecule has 0 saturated heterocycles. The quantitative estimate of drug-likeness (QED) is 0.695. The van der Waals surface area contributed by atoms with E-state index in [-0.39, 0.29) is 5.56 Å². The van der Waals surface area contributed by atoms with E-state index in [1.54, 1.807) is 62.6 Å². The van der Waals surface area contributed by atoms with Crippen molar-refractivity contribution < 1.29 is 4.74 Å². The Bertz CT molecular complexity index is 1120. The SMILES string of the molecule is COc1ccc(-n2nc(Sc3ccc(C#N)cc3)c(C)c(C#N)c2=O)cc1. The van der Waals surface area contributed by atoms with Gasteiger partial charge in [-0.15, -0.1) is 0 Å². The number of hydrogen-bond donors (Lipinski definition) is 0. The molecule has 0 bridgehead atoms. The molecule has 0 aliphatic heterocycles. The molecule has 132 valence electrons. The Kier molecular flexibility index (Phi) is 5.25. The van der Waals surface area contributed by atoms with Crippen molar-refractivity contribution in [3.8, 4) is 23.6 Å². The zero-order valence-corrected chi connectivity index (χ0v) is 15.4. The van der Waals surface area contributed by atoms with Crippen LogP contribution in [-0.2, 0) is 0 Å². The second-order valence-corrected chi connectivity index (χ2v) is 6.63. The maximum Gasteiger partial charge on any atom is 0.289 e. The molecule has 0 aliphatic carbocycles. The van der Waals surface area contributed by atoms with Crippen molar-refractivity contribution in [2.75, 3.05) is 7.11 Å². The van der Waals surface area contributed by atoms with E-state index in [4.69, 9.17) is 10.00 Å². The first kappa shape index (κ1) is 18.2. The van der Waals surface area contributed by atoms with E-state index < -0.39 is 5.56 Å². The zero-order chi connectivity index (χ0) is 19.4. The van der Waals surface area contributed by atoms with Gasteiger partial charge in [-0.3, -0.25) is 4.79 Å². The number of nitriles is 2. The van der Waals surface area contributed by atoms with E-state index in [1.807, 2.05) is 6.07 Å². The molecular weight excluding hydrogens is 360 g/mol. The summed E-state index contributed by atoms with van der Waals surface area (Å²) in [5.41, 5.74) is 1.21. The summed E-state index contributed by atoms with van der Waals surface area (Å²) in [6.07, 6.45) is 0. The average Bonchev–Trinajstić information content (AvgIpc) is 2.71. The second kappa shape index (κ2) is 7.77. The van der Waals surface area contributed by atoms with Gasteiger partial charge in [-0.1, -0.05) is 11.8 Å². The fourth-order valence-corrected chi connectivity index (χ4v) is 3.29. The predicted octanol–water partition coefficient (Wildman–Crippen LogP) is 3.44. The molecule has 0 unspecified atom stereocenters. The van der Waals surface area contributed by atoms with E-state index in [1.165, 1.54) is 16.4 Å². The summed E-state index contributed by atoms with van der Waals surface area (Å²) in [5.74, 6) is 0.659. The minimum Gasteiger partial charge on any atom is -0.497 e. The summed E-state index contributed by atoms with van der Waals surface area (Å²) < 4.78 is 6.35. The maximum atomic E-state index is 12.7. The molecule has 6 nitrogen and oxygen atoms in total. The fourth-order valence-electron chi connectivity index (χ4n) is 2.42. The summed E-state index contributed by atoms with van der Waals surface area (Å²) in [6, 6.07) is 18.0. The molecule has 0 atom stereocenters. The summed E-state index contributed by atoms with van der Waals surface area (Å²) in [6.45, 7) is 1.71. The van der Waals surface area contributed by atoms with Crippen LogP contribution >= 0.6 is 11.8 Å². The highest BCUT2D eigenvalue weighted by atomic mass is 32.2. The van der Waals surface area contributed by atoms with Gasteiger partial charge < -0.3 is 4.74 Å². The highest BCUT2D eigenvalue weighted by molar-refractivity contribution is 7.99. The third-order valence-electron chi connectivity index (χ3n) is 3.92. The Hall–Kier alpha value is -3.55. The lowest BCUT2D eigenvalue weighted by molar-refractivity contribution is 0.414. The average molecular weight is 374 g/mol. The molecule has 1 aromatic heterocycles. The third kappa shape index (κ3) is 3.69. The molecule has 0 N–H and O–H groups in total. The van der Waals surface area contributed by atoms with Gasteiger partial charge in [0.05, 0.1) is 24.4 Å². The van der Waals surface area contributed by atoms with Crippen LogP contribution in [0.2, 0.25) is 0 Å². The molecular formula is C20H14N4O2S. The predicted molar refractivity (Wildman–Crippen MR) is 101 cm³/mol. The summed E-state index contributed by atoms with van der Waals surface area (Å²) in [5, 5.41) is 23.4. The molecule has 0 saturated carbocycles. The lowest BCUT2D eigenvalue weighted by Gasteiger charge is -2.11. The van der Waals surface area contributed by atoms with Gasteiger partial charge >= 0.3 is 0 Å². The smallest absolute Gasteiger partial charge is 0.289 e. The first-order valence-electron chi connectivity index (χ1n) is 7.94. The standard InChI is InChI=1S/C20H14N4O2S/c1-13-18(12-22)20(25)24(15-5-7-16(26-2)8-6-15)23-19(13)27-17-9-3-14(11-21)4-10-17/h3-10H,1-2H3. The third-order valence-corrected chi connectivity index (χ3v) is 5.01. The largest absolute Gasteiger partial charge is 0.497 e. The highest BCUT2D eigenvalue weighted by Gasteiger charge is 2.16. The number of rotatable bonds is 4. The van der Waals surface area contributed by atoms with Crippen LogP contribution in [0.25, 0.3) is 5.69 Å². The van der Waals surface area contributed by atoms with Crippen LogP contribution in [0.5, 0.6) is 5.75 Å². The minimum atomic E-state index is -0.468. The molecule has 1 heterocycles. The van der Waals surface area contributed by atoms with Crippen molar-refractivity contribution in [2.45, 2.75) is 16.8 Å². The van der Waals surface area contributed by atoms with Crippen LogP contribution in [0.15, 0.2) is 63.2 Å². The van der Waals surface area contributed by atoms with Gasteiger partial charge in [0.25, 0.3) is 5.56 Å². The van der Waals surface area contributed by atoms with E-state index in [9.17, 15) is 10.1 Å². The van der Waals surface area contributed by atoms with Gasteiger partial charge in [-0.25, -0.2) is 0 Å². The van der Waals surface area contributed by atoms with Gasteiger partial charge in [0.2, 0.25) is 0 Å². The van der Waals surface area contributed by atoms with Crippen molar-refractivity contribution in [1.82, 2.24) is 9.78 Å². The Morgan fingerprint density at radius 2 is 1.70 bits per heavy atom. The van der Waals surface area contributed by atoms with Crippen molar-refractivity contribution in [3.63, 3.8) is 0 Å². The summed E-state index contributed by atoms with van der Waals surface area (Å²) in [7, 11) is 1.56. The molecule has 0 radical (unpaired) electrons. The van der Waals surface area contributed by atoms with Crippen molar-refractivity contribution in [3.05, 3.63) is 75.6 Å². The zero-order valence-electron chi connectivity index (χ0n) is 14.6. The van der Waals surface area contributed by atoms with E-state index in [2.05, 4.69) is 11.2 Å². The minimum absolute atomic E-state index is 0.0527. The van der Waals surface area contributed by atoms with Crippen molar-refractivity contribution in [2.24, 2.45) is 0 Å². The normalized spacial score (nSPS) is 10.1. The molecule has 0 amide bonds. The lowest BCUT2D eigenvalue weighted by atomic mass is 10.2. The van der Waals surface area contributed by atoms with Crippen LogP contribution in [0.4, 0.5) is 0 Å². The molecule has 7 heteroatoms. The van der Waals surface area contributed by atoms with E-state index >= 15 is 0 Å². The number of hydrogen-bond acceptors (Lipinski definition) is 6. The van der Waals surface area contributed by atoms with Gasteiger partial charge in [-0.2, -0.15) is 20.3 Å². The van der Waals surface area contributed by atoms with Crippen LogP contribution < -0.4 is 10.3 Å². The Morgan fingerprint density at radius 1 is 1.04 bits per heavy atom. The Labute approximate surface area is 160 Å². The monoisotopic (exact) mass is 374 g/mol. The van der Waals surface area contributed by atoms with E-state index in [0.29, 0.717) is 27.6 Å². The van der Waals surface area contributed by atoms with Gasteiger partial charge in [0.15, 0.2) is 0 Å². The number of methoxy groups -OCH3 is 1. The Morgan fingerprint density at radius 3 is 2.26 bits per heavy atom. The van der Waals surface area contributed by atoms with Crippen molar-refractivity contribution in [1.29, 1.82) is 10.5 Å². The maximum absolute atomic E-state index is 12.7. The molecule has 2 aromatic carbocycles. The summed E-state index contributed by atoms with van der Waals surface area (Å²) in [4.78, 5) is 13.5. The van der Waals surface area contributed by atoms with Crippen LogP contribution in [-0.4, -0.2) is 16.9 Å². The number of nitrogens with zero attached hydrogens (tertiary/aromatic N) is 4. The number of benzene rings is 2. The Balaban J connectivity index is 2.09. The number of ether oxygens (including phenoxy) is 1. The first-order valence-corrected chi connectivity index (χ1v) is 8.75. The second-order valence-electron chi connectivity index (χ2n) is 5.57. The fraction of sp³-hybridized carbons (Fsp3) is 0.100. The molecule has 0 spiro atoms. The molecule has 27 heavy (non-hydrogen) atoms. The topological polar surface area (TPSA) is 91.7 Å². The highest BCUT2D eigenvalue weighted by Crippen LogP contribution is 2.29. The van der Waals surface area contributed by atoms with Crippen LogP contribution in [0, 0.1) is 29.6 Å². The summed E-state index contributed by atoms with van der Waals surface area (Å²) >= 11 is 1.33. The van der Waals surface area contributed by atoms with Crippen molar-refractivity contribution >= 4 is 11.8 Å². The molecule has 3 rings (SSSR count). The number of aromatic nitrogens is 2. The first-order chi connectivity index (χ1) is 13.1. The lowest BCUT2D eigenvalue weighted by Crippen LogP contribution is -2.25. The van der Waals surface area contributed by atoms with Gasteiger partial charge in [0, 0.05) is 10.5 Å². The molecule has 3 aromatic rings. The van der Waals surface area contributed by atoms with Gasteiger partial charge in [-0.05, 0) is 55.5 Å². The van der Waals surface area contributed by atoms with Crippen LogP contribution in [0.3, 0.4) is 0 Å². The molecule has 0 fully saturated rings.